The summed E-state index contributed by atoms with van der Waals surface area (Å²) in [5.74, 6) is 1.54. The van der Waals surface area contributed by atoms with Gasteiger partial charge in [-0.25, -0.2) is 0 Å². The van der Waals surface area contributed by atoms with Gasteiger partial charge >= 0.3 is 0 Å². The van der Waals surface area contributed by atoms with Gasteiger partial charge in [0.2, 0.25) is 0 Å². The van der Waals surface area contributed by atoms with Crippen molar-refractivity contribution in [2.75, 3.05) is 13.0 Å². The third-order valence-electron chi connectivity index (χ3n) is 3.25. The summed E-state index contributed by atoms with van der Waals surface area (Å²) in [5, 5.41) is 0.761. The van der Waals surface area contributed by atoms with Crippen LogP contribution in [0.5, 0.6) is 5.75 Å². The number of rotatable bonds is 5. The molecule has 4 heteroatoms. The number of alkyl halides is 1. The maximum Gasteiger partial charge on any atom is 0.119 e. The number of benzene rings is 2. The topological polar surface area (TPSA) is 9.23 Å². The fraction of sp³-hybridized carbons (Fsp3) is 0.250. The van der Waals surface area contributed by atoms with E-state index in [0.29, 0.717) is 5.88 Å². The Balaban J connectivity index is 2.29. The highest BCUT2D eigenvalue weighted by molar-refractivity contribution is 9.10. The molecule has 0 fully saturated rings. The Morgan fingerprint density at radius 3 is 2.60 bits per heavy atom. The number of hydrogen-bond acceptors (Lipinski definition) is 1. The van der Waals surface area contributed by atoms with Gasteiger partial charge in [0.15, 0.2) is 0 Å². The summed E-state index contributed by atoms with van der Waals surface area (Å²) < 4.78 is 6.33. The van der Waals surface area contributed by atoms with Crippen LogP contribution in [0.3, 0.4) is 0 Å². The smallest absolute Gasteiger partial charge is 0.119 e. The molecule has 1 unspecified atom stereocenters. The lowest BCUT2D eigenvalue weighted by molar-refractivity contribution is 0.414. The molecule has 0 saturated heterocycles. The first-order valence-corrected chi connectivity index (χ1v) is 7.99. The minimum atomic E-state index is 0.175. The van der Waals surface area contributed by atoms with E-state index in [-0.39, 0.29) is 5.92 Å². The van der Waals surface area contributed by atoms with Crippen molar-refractivity contribution in [3.63, 3.8) is 0 Å². The Bertz CT molecular complexity index is 586. The SMILES string of the molecule is COc1ccc(Br)c(CC(CCl)c2ccccc2Cl)c1. The average Bonchev–Trinajstić information content (AvgIpc) is 2.47. The third kappa shape index (κ3) is 3.69. The second-order valence-electron chi connectivity index (χ2n) is 4.53. The molecule has 2 aromatic carbocycles. The van der Waals surface area contributed by atoms with E-state index < -0.39 is 0 Å². The van der Waals surface area contributed by atoms with E-state index >= 15 is 0 Å². The van der Waals surface area contributed by atoms with Crippen LogP contribution >= 0.6 is 39.1 Å². The van der Waals surface area contributed by atoms with Crippen LogP contribution in [0, 0.1) is 0 Å². The largest absolute Gasteiger partial charge is 0.497 e. The van der Waals surface area contributed by atoms with Gasteiger partial charge in [0, 0.05) is 21.3 Å². The van der Waals surface area contributed by atoms with Crippen LogP contribution in [0.2, 0.25) is 5.02 Å². The molecule has 0 aliphatic carbocycles. The Morgan fingerprint density at radius 1 is 1.20 bits per heavy atom. The molecule has 0 aromatic heterocycles. The molecule has 1 atom stereocenters. The molecule has 0 radical (unpaired) electrons. The minimum Gasteiger partial charge on any atom is -0.497 e. The van der Waals surface area contributed by atoms with Gasteiger partial charge in [-0.05, 0) is 41.8 Å². The van der Waals surface area contributed by atoms with Gasteiger partial charge in [-0.15, -0.1) is 11.6 Å². The lowest BCUT2D eigenvalue weighted by Crippen LogP contribution is -2.06. The zero-order valence-electron chi connectivity index (χ0n) is 11.1. The molecule has 0 N–H and O–H groups in total. The maximum absolute atomic E-state index is 6.27. The summed E-state index contributed by atoms with van der Waals surface area (Å²) in [6, 6.07) is 13.8. The standard InChI is InChI=1S/C16H15BrCl2O/c1-20-13-6-7-15(17)11(9-13)8-12(10-18)14-4-2-3-5-16(14)19/h2-7,9,12H,8,10H2,1H3. The average molecular weight is 374 g/mol. The van der Waals surface area contributed by atoms with E-state index in [9.17, 15) is 0 Å². The summed E-state index contributed by atoms with van der Waals surface area (Å²) in [6.07, 6.45) is 0.811. The molecule has 0 saturated carbocycles. The molecule has 0 bridgehead atoms. The van der Waals surface area contributed by atoms with E-state index in [2.05, 4.69) is 15.9 Å². The molecule has 2 rings (SSSR count). The zero-order chi connectivity index (χ0) is 14.5. The van der Waals surface area contributed by atoms with Crippen LogP contribution in [0.1, 0.15) is 17.0 Å². The normalized spacial score (nSPS) is 12.2. The van der Waals surface area contributed by atoms with E-state index in [1.807, 2.05) is 42.5 Å². The van der Waals surface area contributed by atoms with Crippen LogP contribution in [-0.4, -0.2) is 13.0 Å². The summed E-state index contributed by atoms with van der Waals surface area (Å²) in [6.45, 7) is 0. The van der Waals surface area contributed by atoms with Crippen LogP contribution in [-0.2, 0) is 6.42 Å². The van der Waals surface area contributed by atoms with Crippen molar-refractivity contribution in [3.8, 4) is 5.75 Å². The Kier molecular flexibility index (Phi) is 5.76. The quantitative estimate of drug-likeness (QED) is 0.613. The van der Waals surface area contributed by atoms with Crippen LogP contribution < -0.4 is 4.74 Å². The number of halogens is 3. The van der Waals surface area contributed by atoms with Gasteiger partial charge in [0.05, 0.1) is 7.11 Å². The van der Waals surface area contributed by atoms with Crippen molar-refractivity contribution in [3.05, 3.63) is 63.1 Å². The van der Waals surface area contributed by atoms with Crippen molar-refractivity contribution in [2.24, 2.45) is 0 Å². The van der Waals surface area contributed by atoms with E-state index in [1.165, 1.54) is 0 Å². The molecule has 20 heavy (non-hydrogen) atoms. The molecule has 0 aliphatic heterocycles. The van der Waals surface area contributed by atoms with E-state index in [0.717, 1.165) is 32.8 Å². The number of hydrogen-bond donors (Lipinski definition) is 0. The van der Waals surface area contributed by atoms with Crippen LogP contribution in [0.4, 0.5) is 0 Å². The van der Waals surface area contributed by atoms with E-state index in [4.69, 9.17) is 27.9 Å². The summed E-state index contributed by atoms with van der Waals surface area (Å²) in [7, 11) is 1.67. The van der Waals surface area contributed by atoms with Crippen molar-refractivity contribution in [1.82, 2.24) is 0 Å². The van der Waals surface area contributed by atoms with Crippen molar-refractivity contribution in [1.29, 1.82) is 0 Å². The molecule has 0 heterocycles. The third-order valence-corrected chi connectivity index (χ3v) is 4.74. The van der Waals surface area contributed by atoms with Gasteiger partial charge in [-0.1, -0.05) is 45.7 Å². The van der Waals surface area contributed by atoms with Gasteiger partial charge in [0.25, 0.3) is 0 Å². The number of methoxy groups -OCH3 is 1. The van der Waals surface area contributed by atoms with Gasteiger partial charge in [-0.3, -0.25) is 0 Å². The van der Waals surface area contributed by atoms with Gasteiger partial charge < -0.3 is 4.74 Å². The second kappa shape index (κ2) is 7.35. The number of ether oxygens (including phenoxy) is 1. The van der Waals surface area contributed by atoms with Crippen molar-refractivity contribution >= 4 is 39.1 Å². The molecule has 0 aliphatic rings. The van der Waals surface area contributed by atoms with Gasteiger partial charge in [0.1, 0.15) is 5.75 Å². The fourth-order valence-electron chi connectivity index (χ4n) is 2.15. The minimum absolute atomic E-state index is 0.175. The van der Waals surface area contributed by atoms with Gasteiger partial charge in [-0.2, -0.15) is 0 Å². The second-order valence-corrected chi connectivity index (χ2v) is 6.10. The summed E-state index contributed by atoms with van der Waals surface area (Å²) >= 11 is 16.0. The molecule has 1 nitrogen and oxygen atoms in total. The first-order chi connectivity index (χ1) is 9.65. The lowest BCUT2D eigenvalue weighted by atomic mass is 9.93. The molecular weight excluding hydrogens is 359 g/mol. The van der Waals surface area contributed by atoms with E-state index in [1.54, 1.807) is 7.11 Å². The highest BCUT2D eigenvalue weighted by Crippen LogP contribution is 2.32. The molecular formula is C16H15BrCl2O. The maximum atomic E-state index is 6.27. The Labute approximate surface area is 138 Å². The summed E-state index contributed by atoms with van der Waals surface area (Å²) in [5.41, 5.74) is 2.24. The summed E-state index contributed by atoms with van der Waals surface area (Å²) in [4.78, 5) is 0. The van der Waals surface area contributed by atoms with Crippen molar-refractivity contribution < 1.29 is 4.74 Å². The first kappa shape index (κ1) is 15.7. The monoisotopic (exact) mass is 372 g/mol. The fourth-order valence-corrected chi connectivity index (χ4v) is 3.13. The van der Waals surface area contributed by atoms with Crippen LogP contribution in [0.15, 0.2) is 46.9 Å². The molecule has 106 valence electrons. The highest BCUT2D eigenvalue weighted by Gasteiger charge is 2.16. The predicted octanol–water partition coefficient (Wildman–Crippen LogP) is 5.68. The lowest BCUT2D eigenvalue weighted by Gasteiger charge is -2.17. The van der Waals surface area contributed by atoms with Crippen molar-refractivity contribution in [2.45, 2.75) is 12.3 Å². The molecule has 0 spiro atoms. The predicted molar refractivity (Wildman–Crippen MR) is 89.3 cm³/mol. The molecule has 2 aromatic rings. The highest BCUT2D eigenvalue weighted by atomic mass is 79.9. The Morgan fingerprint density at radius 2 is 1.95 bits per heavy atom. The Hall–Kier alpha value is -0.700. The first-order valence-electron chi connectivity index (χ1n) is 6.28. The van der Waals surface area contributed by atoms with Crippen LogP contribution in [0.25, 0.3) is 0 Å². The molecule has 0 amide bonds. The zero-order valence-corrected chi connectivity index (χ0v) is 14.2.